The van der Waals surface area contributed by atoms with Gasteiger partial charge in [-0.15, -0.1) is 11.3 Å². The minimum absolute atomic E-state index is 1.01. The van der Waals surface area contributed by atoms with Crippen LogP contribution < -0.4 is 0 Å². The quantitative estimate of drug-likeness (QED) is 0.717. The molecule has 0 fully saturated rings. The molecule has 0 spiro atoms. The van der Waals surface area contributed by atoms with Crippen LogP contribution >= 0.6 is 27.3 Å². The van der Waals surface area contributed by atoms with Crippen molar-refractivity contribution in [3.63, 3.8) is 0 Å². The Morgan fingerprint density at radius 3 is 2.83 bits per heavy atom. The molecule has 1 aromatic rings. The van der Waals surface area contributed by atoms with Gasteiger partial charge in [-0.25, -0.2) is 4.98 Å². The van der Waals surface area contributed by atoms with Gasteiger partial charge in [0.1, 0.15) is 0 Å². The van der Waals surface area contributed by atoms with E-state index >= 15 is 0 Å². The highest BCUT2D eigenvalue weighted by atomic mass is 79.9. The third-order valence-corrected chi connectivity index (χ3v) is 3.22. The van der Waals surface area contributed by atoms with Gasteiger partial charge in [-0.1, -0.05) is 26.2 Å². The van der Waals surface area contributed by atoms with Crippen LogP contribution in [0.15, 0.2) is 9.30 Å². The van der Waals surface area contributed by atoms with E-state index in [9.17, 15) is 0 Å². The second kappa shape index (κ2) is 5.70. The third-order valence-electron chi connectivity index (χ3n) is 1.81. The maximum atomic E-state index is 4.34. The number of rotatable bonds is 5. The van der Waals surface area contributed by atoms with Gasteiger partial charge >= 0.3 is 0 Å². The zero-order valence-corrected chi connectivity index (χ0v) is 9.75. The monoisotopic (exact) mass is 247 g/mol. The molecule has 0 aliphatic carbocycles. The second-order valence-corrected chi connectivity index (χ2v) is 5.04. The summed E-state index contributed by atoms with van der Waals surface area (Å²) in [6.07, 6.45) is 6.42. The Morgan fingerprint density at radius 1 is 1.42 bits per heavy atom. The summed E-state index contributed by atoms with van der Waals surface area (Å²) in [4.78, 5) is 4.34. The van der Waals surface area contributed by atoms with Gasteiger partial charge < -0.3 is 0 Å². The van der Waals surface area contributed by atoms with Crippen LogP contribution in [0.5, 0.6) is 0 Å². The Balaban J connectivity index is 2.15. The number of nitrogens with zero attached hydrogens (tertiary/aromatic N) is 1. The average molecular weight is 248 g/mol. The maximum Gasteiger partial charge on any atom is 0.159 e. The van der Waals surface area contributed by atoms with Gasteiger partial charge in [0.05, 0.1) is 5.69 Å². The van der Waals surface area contributed by atoms with Crippen molar-refractivity contribution < 1.29 is 0 Å². The van der Waals surface area contributed by atoms with E-state index in [4.69, 9.17) is 0 Å². The van der Waals surface area contributed by atoms with Crippen molar-refractivity contribution in [2.45, 2.75) is 39.0 Å². The molecule has 0 aliphatic rings. The summed E-state index contributed by atoms with van der Waals surface area (Å²) < 4.78 is 1.01. The van der Waals surface area contributed by atoms with Crippen molar-refractivity contribution in [2.75, 3.05) is 0 Å². The smallest absolute Gasteiger partial charge is 0.159 e. The molecule has 1 nitrogen and oxygen atoms in total. The van der Waals surface area contributed by atoms with Crippen molar-refractivity contribution in [3.05, 3.63) is 15.0 Å². The van der Waals surface area contributed by atoms with Gasteiger partial charge in [0.15, 0.2) is 3.92 Å². The number of thiazole rings is 1. The molecule has 0 saturated carbocycles. The summed E-state index contributed by atoms with van der Waals surface area (Å²) in [5, 5.41) is 2.13. The fourth-order valence-corrected chi connectivity index (χ4v) is 2.21. The highest BCUT2D eigenvalue weighted by Crippen LogP contribution is 2.17. The Hall–Kier alpha value is 0.110. The molecule has 0 aromatic carbocycles. The van der Waals surface area contributed by atoms with Crippen molar-refractivity contribution >= 4 is 27.3 Å². The predicted octanol–water partition coefficient (Wildman–Crippen LogP) is 4.03. The van der Waals surface area contributed by atoms with Crippen molar-refractivity contribution in [3.8, 4) is 0 Å². The van der Waals surface area contributed by atoms with Gasteiger partial charge in [0.25, 0.3) is 0 Å². The molecule has 0 amide bonds. The first kappa shape index (κ1) is 10.2. The van der Waals surface area contributed by atoms with E-state index in [2.05, 4.69) is 33.2 Å². The fourth-order valence-electron chi connectivity index (χ4n) is 1.13. The normalized spacial score (nSPS) is 10.5. The first-order chi connectivity index (χ1) is 5.83. The molecule has 0 unspecified atom stereocenters. The van der Waals surface area contributed by atoms with E-state index in [0.29, 0.717) is 0 Å². The maximum absolute atomic E-state index is 4.34. The van der Waals surface area contributed by atoms with Crippen LogP contribution in [0.1, 0.15) is 38.3 Å². The number of unbranched alkanes of at least 4 members (excludes halogenated alkanes) is 3. The molecular weight excluding hydrogens is 234 g/mol. The Morgan fingerprint density at radius 2 is 2.25 bits per heavy atom. The van der Waals surface area contributed by atoms with Crippen LogP contribution in [0, 0.1) is 0 Å². The lowest BCUT2D eigenvalue weighted by atomic mass is 10.1. The first-order valence-corrected chi connectivity index (χ1v) is 6.10. The number of aryl methyl sites for hydroxylation is 1. The van der Waals surface area contributed by atoms with Crippen molar-refractivity contribution in [1.82, 2.24) is 4.98 Å². The molecule has 0 saturated heterocycles. The molecule has 1 rings (SSSR count). The highest BCUT2D eigenvalue weighted by Gasteiger charge is 1.97. The average Bonchev–Trinajstić information content (AvgIpc) is 2.45. The Kier molecular flexibility index (Phi) is 4.84. The van der Waals surface area contributed by atoms with E-state index in [1.54, 1.807) is 11.3 Å². The fraction of sp³-hybridized carbons (Fsp3) is 0.667. The number of hydrogen-bond donors (Lipinski definition) is 0. The lowest BCUT2D eigenvalue weighted by Crippen LogP contribution is -1.85. The van der Waals surface area contributed by atoms with E-state index in [-0.39, 0.29) is 0 Å². The largest absolute Gasteiger partial charge is 0.234 e. The number of aromatic nitrogens is 1. The van der Waals surface area contributed by atoms with Gasteiger partial charge in [-0.3, -0.25) is 0 Å². The van der Waals surface area contributed by atoms with Crippen LogP contribution in [0.2, 0.25) is 0 Å². The Labute approximate surface area is 86.3 Å². The molecule has 3 heteroatoms. The SMILES string of the molecule is CCCCCCc1csc(Br)n1. The molecule has 0 N–H and O–H groups in total. The zero-order chi connectivity index (χ0) is 8.81. The molecule has 0 atom stereocenters. The summed E-state index contributed by atoms with van der Waals surface area (Å²) in [5.74, 6) is 0. The first-order valence-electron chi connectivity index (χ1n) is 4.43. The van der Waals surface area contributed by atoms with E-state index in [0.717, 1.165) is 10.3 Å². The molecule has 0 aliphatic heterocycles. The van der Waals surface area contributed by atoms with Crippen LogP contribution in [0.4, 0.5) is 0 Å². The minimum Gasteiger partial charge on any atom is -0.234 e. The van der Waals surface area contributed by atoms with Crippen LogP contribution in [-0.4, -0.2) is 4.98 Å². The van der Waals surface area contributed by atoms with Crippen molar-refractivity contribution in [2.24, 2.45) is 0 Å². The summed E-state index contributed by atoms with van der Waals surface area (Å²) >= 11 is 5.04. The zero-order valence-electron chi connectivity index (χ0n) is 7.35. The summed E-state index contributed by atoms with van der Waals surface area (Å²) in [6, 6.07) is 0. The standard InChI is InChI=1S/C9H14BrNS/c1-2-3-4-5-6-8-7-12-9(10)11-8/h7H,2-6H2,1H3. The molecule has 1 heterocycles. The lowest BCUT2D eigenvalue weighted by molar-refractivity contribution is 0.662. The van der Waals surface area contributed by atoms with Gasteiger partial charge in [-0.2, -0.15) is 0 Å². The number of hydrogen-bond acceptors (Lipinski definition) is 2. The van der Waals surface area contributed by atoms with Crippen LogP contribution in [0.25, 0.3) is 0 Å². The molecular formula is C9H14BrNS. The van der Waals surface area contributed by atoms with Crippen LogP contribution in [-0.2, 0) is 6.42 Å². The molecule has 12 heavy (non-hydrogen) atoms. The predicted molar refractivity (Wildman–Crippen MR) is 57.7 cm³/mol. The lowest BCUT2D eigenvalue weighted by Gasteiger charge is -1.95. The second-order valence-electron chi connectivity index (χ2n) is 2.90. The van der Waals surface area contributed by atoms with Gasteiger partial charge in [-0.05, 0) is 28.8 Å². The van der Waals surface area contributed by atoms with E-state index in [1.807, 2.05) is 0 Å². The van der Waals surface area contributed by atoms with Gasteiger partial charge in [0, 0.05) is 5.38 Å². The Bertz CT molecular complexity index is 222. The third kappa shape index (κ3) is 3.68. The molecule has 68 valence electrons. The minimum atomic E-state index is 1.01. The topological polar surface area (TPSA) is 12.9 Å². The van der Waals surface area contributed by atoms with Gasteiger partial charge in [0.2, 0.25) is 0 Å². The molecule has 1 aromatic heterocycles. The summed E-state index contributed by atoms with van der Waals surface area (Å²) in [7, 11) is 0. The van der Waals surface area contributed by atoms with E-state index < -0.39 is 0 Å². The highest BCUT2D eigenvalue weighted by molar-refractivity contribution is 9.11. The van der Waals surface area contributed by atoms with Crippen LogP contribution in [0.3, 0.4) is 0 Å². The molecule has 0 bridgehead atoms. The van der Waals surface area contributed by atoms with E-state index in [1.165, 1.54) is 31.4 Å². The molecule has 0 radical (unpaired) electrons. The summed E-state index contributed by atoms with van der Waals surface area (Å²) in [5.41, 5.74) is 1.24. The number of halogens is 1. The summed E-state index contributed by atoms with van der Waals surface area (Å²) in [6.45, 7) is 2.24. The van der Waals surface area contributed by atoms with Crippen molar-refractivity contribution in [1.29, 1.82) is 0 Å².